The summed E-state index contributed by atoms with van der Waals surface area (Å²) in [6, 6.07) is 13.3. The lowest BCUT2D eigenvalue weighted by Crippen LogP contribution is -2.56. The minimum Gasteiger partial charge on any atom is -0.508 e. The van der Waals surface area contributed by atoms with Gasteiger partial charge in [-0.05, 0) is 70.7 Å². The van der Waals surface area contributed by atoms with E-state index in [9.17, 15) is 19.5 Å². The Morgan fingerprint density at radius 1 is 0.974 bits per heavy atom. The molecule has 2 aromatic rings. The lowest BCUT2D eigenvalue weighted by Gasteiger charge is -2.38. The predicted molar refractivity (Wildman–Crippen MR) is 153 cm³/mol. The lowest BCUT2D eigenvalue weighted by atomic mass is 9.97. The van der Waals surface area contributed by atoms with Gasteiger partial charge in [-0.15, -0.1) is 0 Å². The minimum absolute atomic E-state index is 0.00354. The van der Waals surface area contributed by atoms with Crippen molar-refractivity contribution in [2.45, 2.75) is 104 Å². The average Bonchev–Trinajstić information content (AvgIpc) is 2.85. The number of hydrogen-bond donors (Lipinski definition) is 3. The molecule has 0 spiro atoms. The smallest absolute Gasteiger partial charge is 0.408 e. The van der Waals surface area contributed by atoms with Crippen LogP contribution in [-0.4, -0.2) is 51.6 Å². The number of carbonyl (C=O) groups excluding carboxylic acids is 3. The van der Waals surface area contributed by atoms with Crippen LogP contribution in [0.2, 0.25) is 0 Å². The summed E-state index contributed by atoms with van der Waals surface area (Å²) in [5.74, 6) is -0.757. The van der Waals surface area contributed by atoms with Gasteiger partial charge >= 0.3 is 6.09 Å². The highest BCUT2D eigenvalue weighted by atomic mass is 16.6. The molecule has 4 atom stereocenters. The third kappa shape index (κ3) is 9.93. The van der Waals surface area contributed by atoms with Crippen molar-refractivity contribution in [3.63, 3.8) is 0 Å². The van der Waals surface area contributed by atoms with Gasteiger partial charge in [0, 0.05) is 18.5 Å². The first kappa shape index (κ1) is 31.7. The molecular weight excluding hydrogens is 494 g/mol. The molecule has 2 aromatic carbocycles. The van der Waals surface area contributed by atoms with Crippen molar-refractivity contribution in [2.75, 3.05) is 0 Å². The zero-order valence-electron chi connectivity index (χ0n) is 24.4. The minimum atomic E-state index is -1.02. The first-order valence-corrected chi connectivity index (χ1v) is 13.8. The molecule has 0 radical (unpaired) electrons. The highest BCUT2D eigenvalue weighted by Gasteiger charge is 2.39. The van der Waals surface area contributed by atoms with Crippen molar-refractivity contribution in [2.24, 2.45) is 0 Å². The molecule has 0 saturated carbocycles. The number of aromatic hydroxyl groups is 1. The van der Waals surface area contributed by atoms with Gasteiger partial charge in [-0.2, -0.15) is 0 Å². The van der Waals surface area contributed by atoms with Crippen molar-refractivity contribution in [1.82, 2.24) is 15.5 Å². The monoisotopic (exact) mass is 539 g/mol. The summed E-state index contributed by atoms with van der Waals surface area (Å²) >= 11 is 0. The van der Waals surface area contributed by atoms with E-state index in [4.69, 9.17) is 4.74 Å². The Kier molecular flexibility index (Phi) is 11.8. The second-order valence-corrected chi connectivity index (χ2v) is 11.1. The molecule has 8 nitrogen and oxygen atoms in total. The molecule has 0 heterocycles. The number of nitrogens with zero attached hydrogens (tertiary/aromatic N) is 1. The van der Waals surface area contributed by atoms with Gasteiger partial charge in [0.25, 0.3) is 0 Å². The number of amides is 3. The van der Waals surface area contributed by atoms with Crippen molar-refractivity contribution in [1.29, 1.82) is 0 Å². The second-order valence-electron chi connectivity index (χ2n) is 11.1. The Bertz CT molecular complexity index is 1080. The van der Waals surface area contributed by atoms with E-state index in [0.717, 1.165) is 18.4 Å². The molecule has 0 aliphatic heterocycles. The number of alkyl carbamates (subject to hydrolysis) is 1. The van der Waals surface area contributed by atoms with E-state index in [1.807, 2.05) is 58.0 Å². The van der Waals surface area contributed by atoms with Gasteiger partial charge in [0.1, 0.15) is 23.4 Å². The molecular formula is C31H45N3O5. The Morgan fingerprint density at radius 2 is 1.64 bits per heavy atom. The Morgan fingerprint density at radius 3 is 2.21 bits per heavy atom. The molecule has 214 valence electrons. The molecule has 3 N–H and O–H groups in total. The van der Waals surface area contributed by atoms with E-state index < -0.39 is 29.7 Å². The summed E-state index contributed by atoms with van der Waals surface area (Å²) < 4.78 is 5.48. The van der Waals surface area contributed by atoms with Crippen LogP contribution in [0.25, 0.3) is 0 Å². The number of phenols is 1. The normalized spacial score (nSPS) is 14.4. The summed E-state index contributed by atoms with van der Waals surface area (Å²) in [5.41, 5.74) is 0.590. The molecule has 0 saturated heterocycles. The second kappa shape index (κ2) is 14.6. The van der Waals surface area contributed by atoms with Crippen molar-refractivity contribution in [3.8, 4) is 5.75 Å². The molecule has 0 fully saturated rings. The summed E-state index contributed by atoms with van der Waals surface area (Å²) in [7, 11) is 0. The fourth-order valence-electron chi connectivity index (χ4n) is 4.44. The fraction of sp³-hybridized carbons (Fsp3) is 0.516. The van der Waals surface area contributed by atoms with Crippen molar-refractivity contribution in [3.05, 3.63) is 65.7 Å². The first-order chi connectivity index (χ1) is 18.4. The zero-order chi connectivity index (χ0) is 29.2. The molecule has 39 heavy (non-hydrogen) atoms. The fourth-order valence-corrected chi connectivity index (χ4v) is 4.44. The third-order valence-corrected chi connectivity index (χ3v) is 6.41. The molecule has 0 aliphatic carbocycles. The molecule has 2 rings (SSSR count). The maximum Gasteiger partial charge on any atom is 0.408 e. The number of phenolic OH excluding ortho intramolecular Hbond substituents is 1. The summed E-state index contributed by atoms with van der Waals surface area (Å²) in [6.07, 6.45) is 1.75. The first-order valence-electron chi connectivity index (χ1n) is 13.8. The van der Waals surface area contributed by atoms with Gasteiger partial charge < -0.3 is 25.4 Å². The highest BCUT2D eigenvalue weighted by molar-refractivity contribution is 5.92. The summed E-state index contributed by atoms with van der Waals surface area (Å²) in [5, 5.41) is 16.1. The molecule has 0 aliphatic rings. The zero-order valence-corrected chi connectivity index (χ0v) is 24.4. The van der Waals surface area contributed by atoms with Crippen LogP contribution in [0.4, 0.5) is 4.79 Å². The summed E-state index contributed by atoms with van der Waals surface area (Å²) in [6.45, 7) is 13.1. The van der Waals surface area contributed by atoms with Gasteiger partial charge in [-0.25, -0.2) is 4.79 Å². The van der Waals surface area contributed by atoms with Gasteiger partial charge in [-0.1, -0.05) is 62.7 Å². The van der Waals surface area contributed by atoms with E-state index in [0.29, 0.717) is 12.0 Å². The third-order valence-electron chi connectivity index (χ3n) is 6.41. The van der Waals surface area contributed by atoms with Gasteiger partial charge in [0.2, 0.25) is 11.8 Å². The van der Waals surface area contributed by atoms with Crippen LogP contribution in [0, 0.1) is 0 Å². The maximum atomic E-state index is 14.4. The number of carbonyl (C=O) groups is 3. The summed E-state index contributed by atoms with van der Waals surface area (Å²) in [4.78, 5) is 42.6. The number of nitrogens with one attached hydrogen (secondary N) is 2. The van der Waals surface area contributed by atoms with E-state index in [1.165, 1.54) is 17.0 Å². The van der Waals surface area contributed by atoms with Gasteiger partial charge in [-0.3, -0.25) is 9.59 Å². The Balaban J connectivity index is 2.57. The number of rotatable bonds is 12. The molecule has 4 unspecified atom stereocenters. The Hall–Kier alpha value is -3.55. The van der Waals surface area contributed by atoms with E-state index in [-0.39, 0.29) is 30.2 Å². The number of hydrogen-bond acceptors (Lipinski definition) is 5. The van der Waals surface area contributed by atoms with Crippen LogP contribution in [0.5, 0.6) is 5.75 Å². The predicted octanol–water partition coefficient (Wildman–Crippen LogP) is 5.50. The highest BCUT2D eigenvalue weighted by Crippen LogP contribution is 2.29. The van der Waals surface area contributed by atoms with Crippen LogP contribution >= 0.6 is 0 Å². The van der Waals surface area contributed by atoms with Gasteiger partial charge in [0.05, 0.1) is 0 Å². The van der Waals surface area contributed by atoms with Crippen molar-refractivity contribution >= 4 is 17.9 Å². The molecule has 8 heteroatoms. The van der Waals surface area contributed by atoms with E-state index in [2.05, 4.69) is 10.6 Å². The lowest BCUT2D eigenvalue weighted by molar-refractivity contribution is -0.145. The molecule has 0 aromatic heterocycles. The largest absolute Gasteiger partial charge is 0.508 e. The van der Waals surface area contributed by atoms with Crippen LogP contribution in [0.3, 0.4) is 0 Å². The maximum absolute atomic E-state index is 14.4. The van der Waals surface area contributed by atoms with E-state index in [1.54, 1.807) is 32.9 Å². The van der Waals surface area contributed by atoms with Crippen LogP contribution in [-0.2, 0) is 20.7 Å². The Labute approximate surface area is 233 Å². The average molecular weight is 540 g/mol. The molecule has 0 bridgehead atoms. The number of benzene rings is 2. The van der Waals surface area contributed by atoms with Gasteiger partial charge in [0.15, 0.2) is 0 Å². The molecule has 3 amide bonds. The van der Waals surface area contributed by atoms with E-state index >= 15 is 0 Å². The topological polar surface area (TPSA) is 108 Å². The quantitative estimate of drug-likeness (QED) is 0.330. The number of ether oxygens (including phenoxy) is 1. The SMILES string of the molecule is CCCC(C)NC(=O)C(c1cccc(O)c1)N(C(=O)C(Cc1ccccc1)NC(=O)OC(C)(C)C)C(C)CC. The van der Waals surface area contributed by atoms with Crippen LogP contribution in [0.1, 0.15) is 84.9 Å². The standard InChI is InChI=1S/C31H45N3O5/c1-8-14-21(3)32-28(36)27(24-17-13-18-25(35)20-24)34(22(4)9-2)29(37)26(19-23-15-11-10-12-16-23)33-30(38)39-31(5,6)7/h10-13,15-18,20-22,26-27,35H,8-9,14,19H2,1-7H3,(H,32,36)(H,33,38). The van der Waals surface area contributed by atoms with Crippen LogP contribution < -0.4 is 10.6 Å². The van der Waals surface area contributed by atoms with Crippen molar-refractivity contribution < 1.29 is 24.2 Å². The van der Waals surface area contributed by atoms with Crippen LogP contribution in [0.15, 0.2) is 54.6 Å².